The number of hydrogen-bond donors (Lipinski definition) is 2. The van der Waals surface area contributed by atoms with Crippen molar-refractivity contribution >= 4 is 5.96 Å². The van der Waals surface area contributed by atoms with Crippen LogP contribution in [0.5, 0.6) is 0 Å². The first-order valence-electron chi connectivity index (χ1n) is 3.92. The Balaban J connectivity index is 2.19. The van der Waals surface area contributed by atoms with Gasteiger partial charge in [0.15, 0.2) is 5.96 Å². The fourth-order valence-corrected chi connectivity index (χ4v) is 1.16. The van der Waals surface area contributed by atoms with Crippen molar-refractivity contribution in [1.82, 2.24) is 0 Å². The van der Waals surface area contributed by atoms with E-state index in [0.29, 0.717) is 5.92 Å². The van der Waals surface area contributed by atoms with Crippen LogP contribution in [0.2, 0.25) is 0 Å². The Kier molecular flexibility index (Phi) is 3.16. The van der Waals surface area contributed by atoms with E-state index in [1.54, 1.807) is 0 Å². The Labute approximate surface area is 66.6 Å². The molecule has 0 aliphatic carbocycles. The highest BCUT2D eigenvalue weighted by molar-refractivity contribution is 5.75. The summed E-state index contributed by atoms with van der Waals surface area (Å²) in [5.74, 6) is 0.808. The number of nitrogens with zero attached hydrogens (tertiary/aromatic N) is 1. The monoisotopic (exact) mass is 157 g/mol. The van der Waals surface area contributed by atoms with Crippen molar-refractivity contribution in [2.24, 2.45) is 22.4 Å². The lowest BCUT2D eigenvalue weighted by molar-refractivity contribution is 0.0689. The minimum absolute atomic E-state index is 0.191. The summed E-state index contributed by atoms with van der Waals surface area (Å²) in [4.78, 5) is 3.96. The lowest BCUT2D eigenvalue weighted by Gasteiger charge is -2.19. The standard InChI is InChI=1S/C7H15N3O/c8-7(9)10-5-6-1-3-11-4-2-6/h6H,1-5H2,(H4,8,9,10). The Hall–Kier alpha value is -0.770. The molecule has 0 amide bonds. The second-order valence-electron chi connectivity index (χ2n) is 2.82. The van der Waals surface area contributed by atoms with Gasteiger partial charge >= 0.3 is 0 Å². The van der Waals surface area contributed by atoms with Crippen molar-refractivity contribution in [3.8, 4) is 0 Å². The van der Waals surface area contributed by atoms with E-state index in [4.69, 9.17) is 16.2 Å². The van der Waals surface area contributed by atoms with Gasteiger partial charge in [0.2, 0.25) is 0 Å². The molecule has 0 spiro atoms. The molecule has 1 saturated heterocycles. The topological polar surface area (TPSA) is 73.6 Å². The SMILES string of the molecule is NC(N)=NCC1CCOCC1. The van der Waals surface area contributed by atoms with Gasteiger partial charge in [0.1, 0.15) is 0 Å². The van der Waals surface area contributed by atoms with E-state index in [9.17, 15) is 0 Å². The predicted octanol–water partition coefficient (Wildman–Crippen LogP) is -0.314. The number of rotatable bonds is 2. The van der Waals surface area contributed by atoms with E-state index in [1.165, 1.54) is 0 Å². The minimum atomic E-state index is 0.191. The third-order valence-electron chi connectivity index (χ3n) is 1.87. The molecular weight excluding hydrogens is 142 g/mol. The van der Waals surface area contributed by atoms with E-state index in [2.05, 4.69) is 4.99 Å². The zero-order chi connectivity index (χ0) is 8.10. The van der Waals surface area contributed by atoms with Crippen LogP contribution >= 0.6 is 0 Å². The molecule has 4 nitrogen and oxygen atoms in total. The van der Waals surface area contributed by atoms with Gasteiger partial charge in [-0.2, -0.15) is 0 Å². The maximum absolute atomic E-state index is 5.21. The van der Waals surface area contributed by atoms with Crippen molar-refractivity contribution in [2.75, 3.05) is 19.8 Å². The van der Waals surface area contributed by atoms with E-state index < -0.39 is 0 Å². The quantitative estimate of drug-likeness (QED) is 0.426. The smallest absolute Gasteiger partial charge is 0.185 e. The van der Waals surface area contributed by atoms with Gasteiger partial charge < -0.3 is 16.2 Å². The highest BCUT2D eigenvalue weighted by Crippen LogP contribution is 2.14. The molecule has 11 heavy (non-hydrogen) atoms. The molecule has 1 aliphatic heterocycles. The summed E-state index contributed by atoms with van der Waals surface area (Å²) < 4.78 is 5.20. The largest absolute Gasteiger partial charge is 0.381 e. The first-order chi connectivity index (χ1) is 5.29. The fourth-order valence-electron chi connectivity index (χ4n) is 1.16. The summed E-state index contributed by atoms with van der Waals surface area (Å²) in [5.41, 5.74) is 10.4. The molecule has 0 radical (unpaired) electrons. The summed E-state index contributed by atoms with van der Waals surface area (Å²) in [5, 5.41) is 0. The van der Waals surface area contributed by atoms with Crippen LogP contribution in [0.3, 0.4) is 0 Å². The van der Waals surface area contributed by atoms with Crippen molar-refractivity contribution in [3.63, 3.8) is 0 Å². The second-order valence-corrected chi connectivity index (χ2v) is 2.82. The molecule has 1 aliphatic rings. The lowest BCUT2D eigenvalue weighted by atomic mass is 10.0. The molecule has 0 aromatic rings. The molecular formula is C7H15N3O. The molecule has 0 unspecified atom stereocenters. The molecule has 1 rings (SSSR count). The molecule has 64 valence electrons. The van der Waals surface area contributed by atoms with Crippen LogP contribution in [0, 0.1) is 5.92 Å². The molecule has 0 bridgehead atoms. The molecule has 0 aromatic heterocycles. The normalized spacial score (nSPS) is 19.6. The molecule has 4 heteroatoms. The highest BCUT2D eigenvalue weighted by atomic mass is 16.5. The summed E-state index contributed by atoms with van der Waals surface area (Å²) in [6.45, 7) is 2.46. The maximum Gasteiger partial charge on any atom is 0.185 e. The van der Waals surface area contributed by atoms with Crippen LogP contribution in [0.25, 0.3) is 0 Å². The van der Waals surface area contributed by atoms with Gasteiger partial charge in [-0.3, -0.25) is 4.99 Å². The summed E-state index contributed by atoms with van der Waals surface area (Å²) in [6.07, 6.45) is 2.16. The van der Waals surface area contributed by atoms with Crippen molar-refractivity contribution in [2.45, 2.75) is 12.8 Å². The van der Waals surface area contributed by atoms with Crippen LogP contribution in [0.15, 0.2) is 4.99 Å². The minimum Gasteiger partial charge on any atom is -0.381 e. The van der Waals surface area contributed by atoms with E-state index >= 15 is 0 Å². The first kappa shape index (κ1) is 8.33. The molecule has 1 heterocycles. The fraction of sp³-hybridized carbons (Fsp3) is 0.857. The number of ether oxygens (including phenoxy) is 1. The van der Waals surface area contributed by atoms with Gasteiger partial charge in [-0.15, -0.1) is 0 Å². The predicted molar refractivity (Wildman–Crippen MR) is 44.2 cm³/mol. The number of nitrogens with two attached hydrogens (primary N) is 2. The molecule has 1 fully saturated rings. The molecule has 0 aromatic carbocycles. The Morgan fingerprint density at radius 1 is 1.36 bits per heavy atom. The number of guanidine groups is 1. The van der Waals surface area contributed by atoms with Gasteiger partial charge in [0.25, 0.3) is 0 Å². The van der Waals surface area contributed by atoms with Crippen LogP contribution in [-0.2, 0) is 4.74 Å². The summed E-state index contributed by atoms with van der Waals surface area (Å²) in [6, 6.07) is 0. The van der Waals surface area contributed by atoms with Gasteiger partial charge in [0, 0.05) is 19.8 Å². The third kappa shape index (κ3) is 3.23. The van der Waals surface area contributed by atoms with E-state index in [0.717, 1.165) is 32.6 Å². The van der Waals surface area contributed by atoms with E-state index in [1.807, 2.05) is 0 Å². The third-order valence-corrected chi connectivity index (χ3v) is 1.87. The van der Waals surface area contributed by atoms with Gasteiger partial charge in [-0.25, -0.2) is 0 Å². The van der Waals surface area contributed by atoms with Crippen LogP contribution in [0.4, 0.5) is 0 Å². The lowest BCUT2D eigenvalue weighted by Crippen LogP contribution is -2.25. The first-order valence-corrected chi connectivity index (χ1v) is 3.92. The van der Waals surface area contributed by atoms with Crippen LogP contribution in [-0.4, -0.2) is 25.7 Å². The zero-order valence-electron chi connectivity index (χ0n) is 6.62. The molecule has 4 N–H and O–H groups in total. The van der Waals surface area contributed by atoms with Gasteiger partial charge in [-0.05, 0) is 18.8 Å². The van der Waals surface area contributed by atoms with Crippen LogP contribution in [0.1, 0.15) is 12.8 Å². The van der Waals surface area contributed by atoms with Crippen LogP contribution < -0.4 is 11.5 Å². The van der Waals surface area contributed by atoms with Gasteiger partial charge in [-0.1, -0.05) is 0 Å². The summed E-state index contributed by atoms with van der Waals surface area (Å²) >= 11 is 0. The zero-order valence-corrected chi connectivity index (χ0v) is 6.62. The van der Waals surface area contributed by atoms with Gasteiger partial charge in [0.05, 0.1) is 0 Å². The van der Waals surface area contributed by atoms with E-state index in [-0.39, 0.29) is 5.96 Å². The Morgan fingerprint density at radius 3 is 2.55 bits per heavy atom. The Morgan fingerprint density at radius 2 is 2.00 bits per heavy atom. The number of hydrogen-bond acceptors (Lipinski definition) is 2. The Bertz CT molecular complexity index is 137. The molecule has 0 atom stereocenters. The molecule has 0 saturated carbocycles. The van der Waals surface area contributed by atoms with Crippen molar-refractivity contribution in [3.05, 3.63) is 0 Å². The number of aliphatic imine (C=N–C) groups is 1. The average Bonchev–Trinajstić information content (AvgIpc) is 2.03. The van der Waals surface area contributed by atoms with Crippen molar-refractivity contribution in [1.29, 1.82) is 0 Å². The second kappa shape index (κ2) is 4.18. The average molecular weight is 157 g/mol. The maximum atomic E-state index is 5.21. The highest BCUT2D eigenvalue weighted by Gasteiger charge is 2.12. The summed E-state index contributed by atoms with van der Waals surface area (Å²) in [7, 11) is 0. The van der Waals surface area contributed by atoms with Crippen molar-refractivity contribution < 1.29 is 4.74 Å².